The first-order chi connectivity index (χ1) is 5.35. The second-order valence-electron chi connectivity index (χ2n) is 2.61. The van der Waals surface area contributed by atoms with Gasteiger partial charge in [0.25, 0.3) is 0 Å². The molecule has 62 valence electrons. The van der Waals surface area contributed by atoms with Gasteiger partial charge in [-0.05, 0) is 12.8 Å². The molecule has 11 heavy (non-hydrogen) atoms. The third-order valence-corrected chi connectivity index (χ3v) is 1.64. The summed E-state index contributed by atoms with van der Waals surface area (Å²) >= 11 is 0. The van der Waals surface area contributed by atoms with Crippen molar-refractivity contribution in [1.82, 2.24) is 0 Å². The number of allylic oxidation sites excluding steroid dienone is 1. The van der Waals surface area contributed by atoms with Crippen molar-refractivity contribution in [3.8, 4) is 6.07 Å². The highest BCUT2D eigenvalue weighted by Gasteiger charge is 1.93. The fourth-order valence-electron chi connectivity index (χ4n) is 0.919. The molecule has 0 aromatic rings. The Morgan fingerprint density at radius 1 is 1.45 bits per heavy atom. The van der Waals surface area contributed by atoms with Gasteiger partial charge < -0.3 is 5.73 Å². The molecule has 0 saturated heterocycles. The molecule has 0 radical (unpaired) electrons. The van der Waals surface area contributed by atoms with E-state index < -0.39 is 0 Å². The van der Waals surface area contributed by atoms with Crippen LogP contribution < -0.4 is 5.73 Å². The predicted octanol–water partition coefficient (Wildman–Crippen LogP) is 2.32. The highest BCUT2D eigenvalue weighted by atomic mass is 14.5. The minimum atomic E-state index is 0.709. The molecule has 0 spiro atoms. The van der Waals surface area contributed by atoms with Crippen LogP contribution in [0.25, 0.3) is 0 Å². The van der Waals surface area contributed by atoms with Crippen LogP contribution in [-0.4, -0.2) is 0 Å². The number of hydrogen-bond donors (Lipinski definition) is 1. The summed E-state index contributed by atoms with van der Waals surface area (Å²) in [7, 11) is 0. The smallest absolute Gasteiger partial charge is 0.0962 e. The van der Waals surface area contributed by atoms with Gasteiger partial charge in [0, 0.05) is 11.8 Å². The molecule has 0 aromatic heterocycles. The fourth-order valence-corrected chi connectivity index (χ4v) is 0.919. The highest BCUT2D eigenvalue weighted by molar-refractivity contribution is 5.18. The van der Waals surface area contributed by atoms with Crippen LogP contribution in [-0.2, 0) is 0 Å². The third kappa shape index (κ3) is 5.47. The molecule has 0 heterocycles. The average Bonchev–Trinajstić information content (AvgIpc) is 2.05. The first-order valence-electron chi connectivity index (χ1n) is 4.16. The summed E-state index contributed by atoms with van der Waals surface area (Å²) in [5.74, 6) is 0. The standard InChI is InChI=1S/C9H16N2/c1-2-3-4-5-6-9(7-10)8-11/h7H,2-6,10H2,1H3/b9-7-. The maximum Gasteiger partial charge on any atom is 0.0962 e. The summed E-state index contributed by atoms with van der Waals surface area (Å²) in [6, 6.07) is 2.06. The third-order valence-electron chi connectivity index (χ3n) is 1.64. The molecular weight excluding hydrogens is 136 g/mol. The lowest BCUT2D eigenvalue weighted by atomic mass is 10.1. The van der Waals surface area contributed by atoms with Gasteiger partial charge >= 0.3 is 0 Å². The summed E-state index contributed by atoms with van der Waals surface area (Å²) in [6.45, 7) is 2.17. The van der Waals surface area contributed by atoms with E-state index in [1.165, 1.54) is 25.5 Å². The fraction of sp³-hybridized carbons (Fsp3) is 0.667. The van der Waals surface area contributed by atoms with Crippen LogP contribution in [0.15, 0.2) is 11.8 Å². The van der Waals surface area contributed by atoms with E-state index >= 15 is 0 Å². The zero-order chi connectivity index (χ0) is 8.53. The maximum atomic E-state index is 8.48. The van der Waals surface area contributed by atoms with Gasteiger partial charge in [0.05, 0.1) is 6.07 Å². The molecule has 0 aliphatic rings. The molecule has 2 N–H and O–H groups in total. The minimum Gasteiger partial charge on any atom is -0.404 e. The Bertz CT molecular complexity index is 153. The monoisotopic (exact) mass is 152 g/mol. The van der Waals surface area contributed by atoms with Crippen LogP contribution in [0, 0.1) is 11.3 Å². The van der Waals surface area contributed by atoms with Crippen LogP contribution >= 0.6 is 0 Å². The molecule has 0 fully saturated rings. The molecule has 0 unspecified atom stereocenters. The zero-order valence-electron chi connectivity index (χ0n) is 7.14. The van der Waals surface area contributed by atoms with E-state index in [2.05, 4.69) is 13.0 Å². The highest BCUT2D eigenvalue weighted by Crippen LogP contribution is 2.07. The quantitative estimate of drug-likeness (QED) is 0.485. The largest absolute Gasteiger partial charge is 0.404 e. The molecule has 0 atom stereocenters. The Morgan fingerprint density at radius 3 is 2.64 bits per heavy atom. The van der Waals surface area contributed by atoms with Gasteiger partial charge in [0.2, 0.25) is 0 Å². The van der Waals surface area contributed by atoms with Crippen molar-refractivity contribution in [3.63, 3.8) is 0 Å². The van der Waals surface area contributed by atoms with E-state index in [4.69, 9.17) is 11.0 Å². The molecule has 2 nitrogen and oxygen atoms in total. The second kappa shape index (κ2) is 7.14. The normalized spacial score (nSPS) is 11.1. The summed E-state index contributed by atoms with van der Waals surface area (Å²) < 4.78 is 0. The van der Waals surface area contributed by atoms with Gasteiger partial charge in [0.1, 0.15) is 0 Å². The topological polar surface area (TPSA) is 49.8 Å². The molecule has 0 bridgehead atoms. The van der Waals surface area contributed by atoms with Gasteiger partial charge in [-0.25, -0.2) is 0 Å². The van der Waals surface area contributed by atoms with E-state index in [0.717, 1.165) is 12.8 Å². The molecular formula is C9H16N2. The number of hydrogen-bond acceptors (Lipinski definition) is 2. The van der Waals surface area contributed by atoms with Crippen LogP contribution in [0.1, 0.15) is 39.0 Å². The Hall–Kier alpha value is -0.970. The lowest BCUT2D eigenvalue weighted by Gasteiger charge is -1.96. The van der Waals surface area contributed by atoms with E-state index in [1.54, 1.807) is 0 Å². The second-order valence-corrected chi connectivity index (χ2v) is 2.61. The van der Waals surface area contributed by atoms with E-state index in [1.807, 2.05) is 0 Å². The summed E-state index contributed by atoms with van der Waals surface area (Å²) in [5, 5.41) is 8.48. The lowest BCUT2D eigenvalue weighted by Crippen LogP contribution is -1.87. The number of nitrogens with zero attached hydrogens (tertiary/aromatic N) is 1. The molecule has 0 rings (SSSR count). The lowest BCUT2D eigenvalue weighted by molar-refractivity contribution is 0.668. The van der Waals surface area contributed by atoms with E-state index in [0.29, 0.717) is 5.57 Å². The van der Waals surface area contributed by atoms with E-state index in [9.17, 15) is 0 Å². The van der Waals surface area contributed by atoms with Gasteiger partial charge in [-0.15, -0.1) is 0 Å². The number of nitrogens with two attached hydrogens (primary N) is 1. The summed E-state index contributed by atoms with van der Waals surface area (Å²) in [5.41, 5.74) is 5.92. The van der Waals surface area contributed by atoms with Crippen LogP contribution in [0.4, 0.5) is 0 Å². The molecule has 0 saturated carbocycles. The maximum absolute atomic E-state index is 8.48. The molecule has 0 aromatic carbocycles. The predicted molar refractivity (Wildman–Crippen MR) is 46.6 cm³/mol. The Morgan fingerprint density at radius 2 is 2.18 bits per heavy atom. The van der Waals surface area contributed by atoms with Crippen molar-refractivity contribution in [1.29, 1.82) is 5.26 Å². The Labute approximate surface area is 68.7 Å². The Balaban J connectivity index is 3.32. The van der Waals surface area contributed by atoms with Crippen LogP contribution in [0.5, 0.6) is 0 Å². The van der Waals surface area contributed by atoms with E-state index in [-0.39, 0.29) is 0 Å². The SMILES string of the molecule is CCCCCC/C(C#N)=C/N. The van der Waals surface area contributed by atoms with Gasteiger partial charge in [0.15, 0.2) is 0 Å². The van der Waals surface area contributed by atoms with Crippen molar-refractivity contribution in [2.45, 2.75) is 39.0 Å². The molecule has 0 aliphatic carbocycles. The van der Waals surface area contributed by atoms with Crippen molar-refractivity contribution >= 4 is 0 Å². The molecule has 0 aliphatic heterocycles. The molecule has 2 heteroatoms. The van der Waals surface area contributed by atoms with Crippen molar-refractivity contribution in [3.05, 3.63) is 11.8 Å². The average molecular weight is 152 g/mol. The van der Waals surface area contributed by atoms with Gasteiger partial charge in [-0.1, -0.05) is 26.2 Å². The number of nitriles is 1. The summed E-state index contributed by atoms with van der Waals surface area (Å²) in [6.07, 6.45) is 7.02. The number of rotatable bonds is 5. The van der Waals surface area contributed by atoms with Gasteiger partial charge in [-0.3, -0.25) is 0 Å². The first kappa shape index (κ1) is 10.0. The minimum absolute atomic E-state index is 0.709. The number of unbranched alkanes of at least 4 members (excludes halogenated alkanes) is 3. The van der Waals surface area contributed by atoms with Crippen LogP contribution in [0.3, 0.4) is 0 Å². The van der Waals surface area contributed by atoms with Crippen molar-refractivity contribution in [2.24, 2.45) is 5.73 Å². The van der Waals surface area contributed by atoms with Crippen molar-refractivity contribution in [2.75, 3.05) is 0 Å². The van der Waals surface area contributed by atoms with Crippen molar-refractivity contribution < 1.29 is 0 Å². The first-order valence-corrected chi connectivity index (χ1v) is 4.16. The summed E-state index contributed by atoms with van der Waals surface area (Å²) in [4.78, 5) is 0. The Kier molecular flexibility index (Phi) is 6.51. The zero-order valence-corrected chi connectivity index (χ0v) is 7.14. The van der Waals surface area contributed by atoms with Gasteiger partial charge in [-0.2, -0.15) is 5.26 Å². The van der Waals surface area contributed by atoms with Crippen LogP contribution in [0.2, 0.25) is 0 Å². The molecule has 0 amide bonds.